The second kappa shape index (κ2) is 7.65. The standard InChI is InChI=1S/C19H16Cl2N2O/c20-17-10-7-15(12-18(17)21)13-23-19(24)11-9-16(22-23)8-6-14-4-2-1-3-5-14/h1-8,10,12H,9,11,13H2/b8-6+. The topological polar surface area (TPSA) is 32.7 Å². The first-order valence-electron chi connectivity index (χ1n) is 7.67. The molecule has 2 aromatic rings. The predicted octanol–water partition coefficient (Wildman–Crippen LogP) is 5.19. The lowest BCUT2D eigenvalue weighted by Crippen LogP contribution is -2.30. The van der Waals surface area contributed by atoms with Crippen molar-refractivity contribution < 1.29 is 4.79 Å². The number of carbonyl (C=O) groups excluding carboxylic acids is 1. The molecule has 0 radical (unpaired) electrons. The van der Waals surface area contributed by atoms with Crippen LogP contribution in [0.5, 0.6) is 0 Å². The lowest BCUT2D eigenvalue weighted by Gasteiger charge is -2.22. The Bertz CT molecular complexity index is 800. The van der Waals surface area contributed by atoms with Crippen molar-refractivity contribution >= 4 is 40.9 Å². The van der Waals surface area contributed by atoms with Gasteiger partial charge in [-0.25, -0.2) is 5.01 Å². The maximum Gasteiger partial charge on any atom is 0.243 e. The predicted molar refractivity (Wildman–Crippen MR) is 99.2 cm³/mol. The zero-order valence-corrected chi connectivity index (χ0v) is 14.5. The summed E-state index contributed by atoms with van der Waals surface area (Å²) < 4.78 is 0. The maximum absolute atomic E-state index is 12.1. The highest BCUT2D eigenvalue weighted by atomic mass is 35.5. The molecule has 0 aliphatic carbocycles. The number of halogens is 2. The van der Waals surface area contributed by atoms with Crippen LogP contribution in [0.4, 0.5) is 0 Å². The lowest BCUT2D eigenvalue weighted by atomic mass is 10.1. The summed E-state index contributed by atoms with van der Waals surface area (Å²) in [6.45, 7) is 0.387. The molecule has 0 aromatic heterocycles. The molecule has 0 N–H and O–H groups in total. The van der Waals surface area contributed by atoms with Gasteiger partial charge in [-0.05, 0) is 29.3 Å². The van der Waals surface area contributed by atoms with Gasteiger partial charge in [0.15, 0.2) is 0 Å². The Labute approximate surface area is 151 Å². The monoisotopic (exact) mass is 358 g/mol. The van der Waals surface area contributed by atoms with Crippen molar-refractivity contribution in [3.63, 3.8) is 0 Å². The summed E-state index contributed by atoms with van der Waals surface area (Å²) in [5, 5.41) is 6.94. The number of allylic oxidation sites excluding steroid dienone is 1. The molecule has 0 atom stereocenters. The number of rotatable bonds is 4. The molecule has 0 spiro atoms. The fourth-order valence-corrected chi connectivity index (χ4v) is 2.75. The number of hydrogen-bond donors (Lipinski definition) is 0. The fourth-order valence-electron chi connectivity index (χ4n) is 2.43. The normalized spacial score (nSPS) is 15.0. The van der Waals surface area contributed by atoms with Crippen molar-refractivity contribution in [2.45, 2.75) is 19.4 Å². The number of nitrogens with zero attached hydrogens (tertiary/aromatic N) is 2. The highest BCUT2D eigenvalue weighted by molar-refractivity contribution is 6.42. The molecule has 5 heteroatoms. The Kier molecular flexibility index (Phi) is 5.34. The molecule has 1 aliphatic heterocycles. The van der Waals surface area contributed by atoms with Crippen molar-refractivity contribution in [3.8, 4) is 0 Å². The van der Waals surface area contributed by atoms with E-state index >= 15 is 0 Å². The average Bonchev–Trinajstić information content (AvgIpc) is 2.60. The van der Waals surface area contributed by atoms with E-state index in [9.17, 15) is 4.79 Å². The van der Waals surface area contributed by atoms with Gasteiger partial charge in [0.2, 0.25) is 5.91 Å². The minimum atomic E-state index is 0.0120. The largest absolute Gasteiger partial charge is 0.273 e. The molecule has 1 amide bonds. The van der Waals surface area contributed by atoms with E-state index in [2.05, 4.69) is 5.10 Å². The smallest absolute Gasteiger partial charge is 0.243 e. The molecule has 122 valence electrons. The molecule has 0 unspecified atom stereocenters. The highest BCUT2D eigenvalue weighted by Gasteiger charge is 2.19. The molecule has 2 aromatic carbocycles. The van der Waals surface area contributed by atoms with Crippen LogP contribution in [0.25, 0.3) is 6.08 Å². The second-order valence-electron chi connectivity index (χ2n) is 5.54. The first kappa shape index (κ1) is 16.7. The van der Waals surface area contributed by atoms with E-state index in [4.69, 9.17) is 23.2 Å². The maximum atomic E-state index is 12.1. The highest BCUT2D eigenvalue weighted by Crippen LogP contribution is 2.24. The molecule has 24 heavy (non-hydrogen) atoms. The molecule has 0 bridgehead atoms. The van der Waals surface area contributed by atoms with Gasteiger partial charge in [-0.2, -0.15) is 5.10 Å². The minimum absolute atomic E-state index is 0.0120. The van der Waals surface area contributed by atoms with Gasteiger partial charge in [0, 0.05) is 12.8 Å². The van der Waals surface area contributed by atoms with E-state index in [1.54, 1.807) is 12.1 Å². The molecular weight excluding hydrogens is 343 g/mol. The number of amides is 1. The van der Waals surface area contributed by atoms with Gasteiger partial charge < -0.3 is 0 Å². The first-order valence-corrected chi connectivity index (χ1v) is 8.42. The Morgan fingerprint density at radius 3 is 2.54 bits per heavy atom. The van der Waals surface area contributed by atoms with E-state index in [0.29, 0.717) is 29.4 Å². The summed E-state index contributed by atoms with van der Waals surface area (Å²) >= 11 is 12.0. The molecule has 0 fully saturated rings. The van der Waals surface area contributed by atoms with Gasteiger partial charge in [-0.3, -0.25) is 4.79 Å². The lowest BCUT2D eigenvalue weighted by molar-refractivity contribution is -0.132. The molecule has 0 saturated carbocycles. The van der Waals surface area contributed by atoms with Crippen molar-refractivity contribution in [3.05, 3.63) is 75.8 Å². The van der Waals surface area contributed by atoms with Crippen LogP contribution in [0.2, 0.25) is 10.0 Å². The van der Waals surface area contributed by atoms with Gasteiger partial charge >= 0.3 is 0 Å². The minimum Gasteiger partial charge on any atom is -0.273 e. The average molecular weight is 359 g/mol. The van der Waals surface area contributed by atoms with Gasteiger partial charge in [0.05, 0.1) is 22.3 Å². The number of hydrazone groups is 1. The van der Waals surface area contributed by atoms with Crippen LogP contribution in [0.15, 0.2) is 59.7 Å². The molecule has 1 heterocycles. The fraction of sp³-hybridized carbons (Fsp3) is 0.158. The second-order valence-corrected chi connectivity index (χ2v) is 6.35. The van der Waals surface area contributed by atoms with Crippen LogP contribution in [-0.2, 0) is 11.3 Å². The summed E-state index contributed by atoms with van der Waals surface area (Å²) in [5.41, 5.74) is 2.89. The molecule has 1 aliphatic rings. The van der Waals surface area contributed by atoms with Crippen LogP contribution in [0.1, 0.15) is 24.0 Å². The van der Waals surface area contributed by atoms with Gasteiger partial charge in [0.25, 0.3) is 0 Å². The Hall–Kier alpha value is -2.10. The SMILES string of the molecule is O=C1CCC(/C=C/c2ccccc2)=NN1Cc1ccc(Cl)c(Cl)c1. The van der Waals surface area contributed by atoms with Crippen LogP contribution in [0, 0.1) is 0 Å². The summed E-state index contributed by atoms with van der Waals surface area (Å²) in [6.07, 6.45) is 5.08. The third-order valence-corrected chi connectivity index (χ3v) is 4.46. The van der Waals surface area contributed by atoms with Crippen LogP contribution in [-0.4, -0.2) is 16.6 Å². The van der Waals surface area contributed by atoms with Crippen molar-refractivity contribution in [1.29, 1.82) is 0 Å². The molecular formula is C19H16Cl2N2O. The van der Waals surface area contributed by atoms with Crippen LogP contribution < -0.4 is 0 Å². The molecule has 0 saturated heterocycles. The van der Waals surface area contributed by atoms with Gasteiger partial charge in [-0.1, -0.05) is 65.7 Å². The number of benzene rings is 2. The summed E-state index contributed by atoms with van der Waals surface area (Å²) in [4.78, 5) is 12.1. The Morgan fingerprint density at radius 2 is 1.79 bits per heavy atom. The van der Waals surface area contributed by atoms with Crippen molar-refractivity contribution in [1.82, 2.24) is 5.01 Å². The summed E-state index contributed by atoms with van der Waals surface area (Å²) in [7, 11) is 0. The van der Waals surface area contributed by atoms with Gasteiger partial charge in [-0.15, -0.1) is 0 Å². The first-order chi connectivity index (χ1) is 11.6. The zero-order valence-electron chi connectivity index (χ0n) is 13.0. The summed E-state index contributed by atoms with van der Waals surface area (Å²) in [5.74, 6) is 0.0120. The number of hydrogen-bond acceptors (Lipinski definition) is 2. The van der Waals surface area contributed by atoms with Crippen LogP contribution >= 0.6 is 23.2 Å². The Morgan fingerprint density at radius 1 is 1.00 bits per heavy atom. The van der Waals surface area contributed by atoms with Gasteiger partial charge in [0.1, 0.15) is 0 Å². The molecule has 3 nitrogen and oxygen atoms in total. The Balaban J connectivity index is 1.75. The van der Waals surface area contributed by atoms with E-state index in [-0.39, 0.29) is 5.91 Å². The zero-order chi connectivity index (χ0) is 16.9. The van der Waals surface area contributed by atoms with Crippen molar-refractivity contribution in [2.75, 3.05) is 0 Å². The van der Waals surface area contributed by atoms with E-state index in [1.165, 1.54) is 5.01 Å². The summed E-state index contributed by atoms with van der Waals surface area (Å²) in [6, 6.07) is 15.4. The van der Waals surface area contributed by atoms with Crippen LogP contribution in [0.3, 0.4) is 0 Å². The van der Waals surface area contributed by atoms with E-state index in [1.807, 2.05) is 48.6 Å². The number of carbonyl (C=O) groups is 1. The van der Waals surface area contributed by atoms with Crippen molar-refractivity contribution in [2.24, 2.45) is 5.10 Å². The molecule has 3 rings (SSSR count). The third kappa shape index (κ3) is 4.25. The third-order valence-electron chi connectivity index (χ3n) is 3.72. The van der Waals surface area contributed by atoms with E-state index in [0.717, 1.165) is 16.8 Å². The quantitative estimate of drug-likeness (QED) is 0.740. The van der Waals surface area contributed by atoms with E-state index < -0.39 is 0 Å².